The lowest BCUT2D eigenvalue weighted by Gasteiger charge is -2.37. The monoisotopic (exact) mass is 295 g/mol. The highest BCUT2D eigenvalue weighted by Gasteiger charge is 2.35. The average Bonchev–Trinajstić information content (AvgIpc) is 2.87. The van der Waals surface area contributed by atoms with E-state index in [0.29, 0.717) is 5.56 Å². The fraction of sp³-hybridized carbons (Fsp3) is 0.533. The largest absolute Gasteiger partial charge is 0.389 e. The molecule has 0 spiro atoms. The smallest absolute Gasteiger partial charge is 0.124 e. The van der Waals surface area contributed by atoms with E-state index in [1.54, 1.807) is 6.07 Å². The number of nitrogens with one attached hydrogen (secondary N) is 1. The lowest BCUT2D eigenvalue weighted by Crippen LogP contribution is -2.47. The third kappa shape index (κ3) is 3.10. The fourth-order valence-electron chi connectivity index (χ4n) is 2.95. The van der Waals surface area contributed by atoms with Crippen molar-refractivity contribution in [1.82, 2.24) is 4.90 Å². The topological polar surface area (TPSA) is 41.3 Å². The number of anilines is 1. The Labute approximate surface area is 125 Å². The summed E-state index contributed by atoms with van der Waals surface area (Å²) in [5.41, 5.74) is 7.23. The average molecular weight is 295 g/mol. The van der Waals surface area contributed by atoms with Crippen molar-refractivity contribution in [2.24, 2.45) is 5.73 Å². The minimum absolute atomic E-state index is 0.169. The summed E-state index contributed by atoms with van der Waals surface area (Å²) >= 11 is 5.00. The molecule has 0 saturated heterocycles. The molecule has 3 nitrogen and oxygen atoms in total. The third-order valence-electron chi connectivity index (χ3n) is 4.34. The van der Waals surface area contributed by atoms with E-state index >= 15 is 0 Å². The molecule has 0 aromatic heterocycles. The van der Waals surface area contributed by atoms with Gasteiger partial charge >= 0.3 is 0 Å². The highest BCUT2D eigenvalue weighted by molar-refractivity contribution is 7.80. The Hall–Kier alpha value is -1.20. The molecule has 0 aliphatic heterocycles. The van der Waals surface area contributed by atoms with Gasteiger partial charge in [0.2, 0.25) is 0 Å². The van der Waals surface area contributed by atoms with E-state index in [2.05, 4.69) is 24.3 Å². The maximum Gasteiger partial charge on any atom is 0.124 e. The Morgan fingerprint density at radius 2 is 2.05 bits per heavy atom. The number of benzene rings is 1. The van der Waals surface area contributed by atoms with Crippen LogP contribution in [0.1, 0.15) is 31.2 Å². The van der Waals surface area contributed by atoms with Crippen LogP contribution in [0.4, 0.5) is 10.1 Å². The summed E-state index contributed by atoms with van der Waals surface area (Å²) in [5.74, 6) is -0.318. The zero-order valence-electron chi connectivity index (χ0n) is 12.1. The molecule has 0 radical (unpaired) electrons. The van der Waals surface area contributed by atoms with Crippen molar-refractivity contribution >= 4 is 22.9 Å². The molecule has 1 fully saturated rings. The van der Waals surface area contributed by atoms with Crippen LogP contribution in [-0.2, 0) is 0 Å². The van der Waals surface area contributed by atoms with Crippen LogP contribution in [0.5, 0.6) is 0 Å². The zero-order chi connectivity index (χ0) is 14.8. The molecular formula is C15H22FN3S. The Balaban J connectivity index is 2.16. The second-order valence-corrected chi connectivity index (χ2v) is 6.17. The molecule has 5 heteroatoms. The number of halogens is 1. The van der Waals surface area contributed by atoms with E-state index in [4.69, 9.17) is 18.0 Å². The van der Waals surface area contributed by atoms with Crippen LogP contribution in [0.25, 0.3) is 0 Å². The lowest BCUT2D eigenvalue weighted by atomic mass is 9.95. The predicted molar refractivity (Wildman–Crippen MR) is 85.7 cm³/mol. The Morgan fingerprint density at radius 1 is 1.40 bits per heavy atom. The Bertz CT molecular complexity index is 496. The van der Waals surface area contributed by atoms with Gasteiger partial charge in [-0.2, -0.15) is 0 Å². The normalized spacial score (nSPS) is 17.4. The van der Waals surface area contributed by atoms with Gasteiger partial charge in [0.1, 0.15) is 10.8 Å². The first-order valence-electron chi connectivity index (χ1n) is 6.95. The predicted octanol–water partition coefficient (Wildman–Crippen LogP) is 2.75. The quantitative estimate of drug-likeness (QED) is 0.820. The number of likely N-dealkylation sites (N-methyl/N-ethyl adjacent to an activating group) is 1. The molecule has 0 atom stereocenters. The standard InChI is InChI=1S/C15H22FN3S/c1-19(2)15(7-3-4-8-15)10-18-13-6-5-11(16)9-12(13)14(17)20/h5-6,9,18H,3-4,7-8,10H2,1-2H3,(H2,17,20). The molecule has 1 saturated carbocycles. The molecule has 1 aromatic carbocycles. The number of hydrogen-bond donors (Lipinski definition) is 2. The summed E-state index contributed by atoms with van der Waals surface area (Å²) in [5, 5.41) is 3.41. The van der Waals surface area contributed by atoms with Gasteiger partial charge in [-0.15, -0.1) is 0 Å². The molecule has 1 aliphatic rings. The van der Waals surface area contributed by atoms with Crippen molar-refractivity contribution in [2.75, 3.05) is 26.0 Å². The second-order valence-electron chi connectivity index (χ2n) is 5.73. The zero-order valence-corrected chi connectivity index (χ0v) is 12.9. The van der Waals surface area contributed by atoms with E-state index in [1.165, 1.54) is 37.8 Å². The SMILES string of the molecule is CN(C)C1(CNc2ccc(F)cc2C(N)=S)CCCC1. The first kappa shape index (κ1) is 15.2. The van der Waals surface area contributed by atoms with Crippen LogP contribution < -0.4 is 11.1 Å². The van der Waals surface area contributed by atoms with Gasteiger partial charge < -0.3 is 16.0 Å². The van der Waals surface area contributed by atoms with E-state index < -0.39 is 0 Å². The number of rotatable bonds is 5. The van der Waals surface area contributed by atoms with E-state index in [1.807, 2.05) is 0 Å². The highest BCUT2D eigenvalue weighted by Crippen LogP contribution is 2.34. The molecule has 2 rings (SSSR count). The summed E-state index contributed by atoms with van der Waals surface area (Å²) in [6, 6.07) is 4.53. The number of hydrogen-bond acceptors (Lipinski definition) is 3. The van der Waals surface area contributed by atoms with E-state index in [-0.39, 0.29) is 16.3 Å². The van der Waals surface area contributed by atoms with Crippen LogP contribution in [-0.4, -0.2) is 36.1 Å². The van der Waals surface area contributed by atoms with Gasteiger partial charge in [0.05, 0.1) is 0 Å². The molecule has 0 amide bonds. The lowest BCUT2D eigenvalue weighted by molar-refractivity contribution is 0.172. The fourth-order valence-corrected chi connectivity index (χ4v) is 3.12. The van der Waals surface area contributed by atoms with Crippen LogP contribution in [0.15, 0.2) is 18.2 Å². The first-order valence-corrected chi connectivity index (χ1v) is 7.36. The molecule has 110 valence electrons. The van der Waals surface area contributed by atoms with Crippen molar-refractivity contribution in [2.45, 2.75) is 31.2 Å². The van der Waals surface area contributed by atoms with Crippen molar-refractivity contribution in [3.63, 3.8) is 0 Å². The summed E-state index contributed by atoms with van der Waals surface area (Å²) in [4.78, 5) is 2.51. The van der Waals surface area contributed by atoms with Crippen LogP contribution in [0, 0.1) is 5.82 Å². The van der Waals surface area contributed by atoms with E-state index in [0.717, 1.165) is 12.2 Å². The van der Waals surface area contributed by atoms with E-state index in [9.17, 15) is 4.39 Å². The molecule has 0 bridgehead atoms. The van der Waals surface area contributed by atoms with Crippen LogP contribution >= 0.6 is 12.2 Å². The van der Waals surface area contributed by atoms with Gasteiger partial charge in [-0.25, -0.2) is 4.39 Å². The number of nitrogens with two attached hydrogens (primary N) is 1. The van der Waals surface area contributed by atoms with Crippen molar-refractivity contribution in [1.29, 1.82) is 0 Å². The molecular weight excluding hydrogens is 273 g/mol. The van der Waals surface area contributed by atoms with Crippen LogP contribution in [0.2, 0.25) is 0 Å². The first-order chi connectivity index (χ1) is 9.44. The van der Waals surface area contributed by atoms with Crippen molar-refractivity contribution < 1.29 is 4.39 Å². The van der Waals surface area contributed by atoms with Gasteiger partial charge in [0.25, 0.3) is 0 Å². The van der Waals surface area contributed by atoms with Gasteiger partial charge in [0.15, 0.2) is 0 Å². The van der Waals surface area contributed by atoms with Crippen LogP contribution in [0.3, 0.4) is 0 Å². The van der Waals surface area contributed by atoms with Gasteiger partial charge in [-0.05, 0) is 45.1 Å². The van der Waals surface area contributed by atoms with Gasteiger partial charge in [-0.1, -0.05) is 25.1 Å². The molecule has 20 heavy (non-hydrogen) atoms. The molecule has 3 N–H and O–H groups in total. The second kappa shape index (κ2) is 6.06. The summed E-state index contributed by atoms with van der Waals surface area (Å²) in [6.45, 7) is 0.821. The minimum Gasteiger partial charge on any atom is -0.389 e. The van der Waals surface area contributed by atoms with Crippen molar-refractivity contribution in [3.05, 3.63) is 29.6 Å². The summed E-state index contributed by atoms with van der Waals surface area (Å²) < 4.78 is 13.3. The van der Waals surface area contributed by atoms with Gasteiger partial charge in [-0.3, -0.25) is 0 Å². The molecule has 1 aromatic rings. The highest BCUT2D eigenvalue weighted by atomic mass is 32.1. The maximum atomic E-state index is 13.3. The molecule has 0 unspecified atom stereocenters. The summed E-state index contributed by atoms with van der Waals surface area (Å²) in [7, 11) is 4.23. The number of thiocarbonyl (C=S) groups is 1. The Kier molecular flexibility index (Phi) is 4.60. The maximum absolute atomic E-state index is 13.3. The van der Waals surface area contributed by atoms with Gasteiger partial charge in [0, 0.05) is 23.3 Å². The summed E-state index contributed by atoms with van der Waals surface area (Å²) in [6.07, 6.45) is 4.87. The molecule has 0 heterocycles. The molecule has 1 aliphatic carbocycles. The van der Waals surface area contributed by atoms with Crippen molar-refractivity contribution in [3.8, 4) is 0 Å². The number of nitrogens with zero attached hydrogens (tertiary/aromatic N) is 1. The minimum atomic E-state index is -0.318. The Morgan fingerprint density at radius 3 is 2.60 bits per heavy atom. The third-order valence-corrected chi connectivity index (χ3v) is 4.56.